The topological polar surface area (TPSA) is 86.8 Å². The Hall–Kier alpha value is -1.93. The molecule has 2 amide bonds. The van der Waals surface area contributed by atoms with Gasteiger partial charge in [0.1, 0.15) is 0 Å². The molecule has 1 fully saturated rings. The van der Waals surface area contributed by atoms with Crippen LogP contribution in [0.15, 0.2) is 29.2 Å². The Morgan fingerprint density at radius 2 is 1.84 bits per heavy atom. The molecule has 7 nitrogen and oxygen atoms in total. The van der Waals surface area contributed by atoms with Gasteiger partial charge in [0, 0.05) is 32.6 Å². The molecule has 25 heavy (non-hydrogen) atoms. The van der Waals surface area contributed by atoms with Gasteiger partial charge in [-0.1, -0.05) is 26.0 Å². The molecule has 0 saturated carbocycles. The summed E-state index contributed by atoms with van der Waals surface area (Å²) in [5, 5.41) is 2.76. The number of sulfonamides is 1. The highest BCUT2D eigenvalue weighted by Gasteiger charge is 2.23. The molecule has 0 aliphatic carbocycles. The zero-order valence-corrected chi connectivity index (χ0v) is 15.5. The maximum Gasteiger partial charge on any atom is 0.243 e. The van der Waals surface area contributed by atoms with Gasteiger partial charge in [0.05, 0.1) is 11.4 Å². The van der Waals surface area contributed by atoms with E-state index in [-0.39, 0.29) is 23.3 Å². The van der Waals surface area contributed by atoms with E-state index in [9.17, 15) is 18.0 Å². The Balaban J connectivity index is 1.92. The standard InChI is InChI=1S/C17H25N3O4S/c1-3-20(4-2)25(23,24)15-9-7-14(8-10-15)12-18-16(21)13-19-11-5-6-17(19)22/h7-10H,3-6,11-13H2,1-2H3,(H,18,21). The predicted molar refractivity (Wildman–Crippen MR) is 94.2 cm³/mol. The minimum Gasteiger partial charge on any atom is -0.350 e. The molecule has 1 aliphatic rings. The van der Waals surface area contributed by atoms with Crippen molar-refractivity contribution in [3.8, 4) is 0 Å². The van der Waals surface area contributed by atoms with Crippen molar-refractivity contribution in [1.29, 1.82) is 0 Å². The molecule has 8 heteroatoms. The Morgan fingerprint density at radius 3 is 2.36 bits per heavy atom. The molecule has 0 atom stereocenters. The van der Waals surface area contributed by atoms with Crippen LogP contribution in [-0.2, 0) is 26.2 Å². The number of nitrogens with zero attached hydrogens (tertiary/aromatic N) is 2. The van der Waals surface area contributed by atoms with Crippen LogP contribution in [0.1, 0.15) is 32.3 Å². The lowest BCUT2D eigenvalue weighted by molar-refractivity contribution is -0.133. The molecule has 0 unspecified atom stereocenters. The van der Waals surface area contributed by atoms with E-state index in [1.807, 2.05) is 0 Å². The first-order valence-corrected chi connectivity index (χ1v) is 9.96. The molecule has 1 N–H and O–H groups in total. The summed E-state index contributed by atoms with van der Waals surface area (Å²) in [7, 11) is -3.47. The van der Waals surface area contributed by atoms with Gasteiger partial charge in [-0.25, -0.2) is 8.42 Å². The number of nitrogens with one attached hydrogen (secondary N) is 1. The van der Waals surface area contributed by atoms with Gasteiger partial charge in [0.2, 0.25) is 21.8 Å². The summed E-state index contributed by atoms with van der Waals surface area (Å²) in [6, 6.07) is 6.49. The lowest BCUT2D eigenvalue weighted by Gasteiger charge is -2.18. The van der Waals surface area contributed by atoms with E-state index in [0.29, 0.717) is 32.6 Å². The third-order valence-corrected chi connectivity index (χ3v) is 6.33. The Morgan fingerprint density at radius 1 is 1.20 bits per heavy atom. The number of hydrogen-bond donors (Lipinski definition) is 1. The SMILES string of the molecule is CCN(CC)S(=O)(=O)c1ccc(CNC(=O)CN2CCCC2=O)cc1. The average molecular weight is 367 g/mol. The highest BCUT2D eigenvalue weighted by Crippen LogP contribution is 2.16. The van der Waals surface area contributed by atoms with Crippen molar-refractivity contribution in [1.82, 2.24) is 14.5 Å². The number of rotatable bonds is 8. The van der Waals surface area contributed by atoms with E-state index >= 15 is 0 Å². The molecule has 0 radical (unpaired) electrons. The third-order valence-electron chi connectivity index (χ3n) is 4.26. The van der Waals surface area contributed by atoms with Crippen LogP contribution in [0.5, 0.6) is 0 Å². The Bertz CT molecular complexity index is 712. The van der Waals surface area contributed by atoms with Gasteiger partial charge in [0.25, 0.3) is 0 Å². The summed E-state index contributed by atoms with van der Waals surface area (Å²) in [6.45, 7) is 5.45. The highest BCUT2D eigenvalue weighted by atomic mass is 32.2. The molecular formula is C17H25N3O4S. The normalized spacial score (nSPS) is 15.0. The second kappa shape index (κ2) is 8.44. The van der Waals surface area contributed by atoms with Crippen molar-refractivity contribution in [3.63, 3.8) is 0 Å². The Labute approximate surface area is 149 Å². The van der Waals surface area contributed by atoms with Gasteiger partial charge >= 0.3 is 0 Å². The lowest BCUT2D eigenvalue weighted by atomic mass is 10.2. The first-order chi connectivity index (χ1) is 11.9. The number of carbonyl (C=O) groups is 2. The number of likely N-dealkylation sites (tertiary alicyclic amines) is 1. The molecule has 2 rings (SSSR count). The number of amides is 2. The quantitative estimate of drug-likeness (QED) is 0.741. The van der Waals surface area contributed by atoms with Gasteiger partial charge in [-0.15, -0.1) is 0 Å². The monoisotopic (exact) mass is 367 g/mol. The molecule has 138 valence electrons. The van der Waals surface area contributed by atoms with E-state index in [0.717, 1.165) is 12.0 Å². The van der Waals surface area contributed by atoms with Crippen LogP contribution in [0, 0.1) is 0 Å². The summed E-state index contributed by atoms with van der Waals surface area (Å²) < 4.78 is 26.2. The molecule has 1 aliphatic heterocycles. The van der Waals surface area contributed by atoms with Crippen molar-refractivity contribution in [2.45, 2.75) is 38.1 Å². The van der Waals surface area contributed by atoms with Crippen molar-refractivity contribution in [2.24, 2.45) is 0 Å². The minimum absolute atomic E-state index is 0.0149. The van der Waals surface area contributed by atoms with E-state index in [1.54, 1.807) is 43.0 Å². The molecule has 0 bridgehead atoms. The van der Waals surface area contributed by atoms with Crippen LogP contribution >= 0.6 is 0 Å². The summed E-state index contributed by atoms with van der Waals surface area (Å²) in [6.07, 6.45) is 1.31. The van der Waals surface area contributed by atoms with Gasteiger partial charge in [0.15, 0.2) is 0 Å². The summed E-state index contributed by atoms with van der Waals surface area (Å²) >= 11 is 0. The van der Waals surface area contributed by atoms with E-state index in [2.05, 4.69) is 5.32 Å². The van der Waals surface area contributed by atoms with Crippen molar-refractivity contribution >= 4 is 21.8 Å². The summed E-state index contributed by atoms with van der Waals surface area (Å²) in [5.41, 5.74) is 0.805. The fraction of sp³-hybridized carbons (Fsp3) is 0.529. The minimum atomic E-state index is -3.47. The third kappa shape index (κ3) is 4.79. The van der Waals surface area contributed by atoms with Gasteiger partial charge < -0.3 is 10.2 Å². The first-order valence-electron chi connectivity index (χ1n) is 8.52. The number of hydrogen-bond acceptors (Lipinski definition) is 4. The second-order valence-corrected chi connectivity index (χ2v) is 7.87. The first kappa shape index (κ1) is 19.4. The van der Waals surface area contributed by atoms with Gasteiger partial charge in [-0.3, -0.25) is 9.59 Å². The molecule has 1 heterocycles. The highest BCUT2D eigenvalue weighted by molar-refractivity contribution is 7.89. The van der Waals surface area contributed by atoms with Crippen LogP contribution in [0.4, 0.5) is 0 Å². The number of carbonyl (C=O) groups excluding carboxylic acids is 2. The van der Waals surface area contributed by atoms with Crippen molar-refractivity contribution < 1.29 is 18.0 Å². The van der Waals surface area contributed by atoms with Crippen LogP contribution < -0.4 is 5.32 Å². The molecule has 1 aromatic rings. The van der Waals surface area contributed by atoms with Gasteiger partial charge in [-0.05, 0) is 24.1 Å². The number of benzene rings is 1. The maximum absolute atomic E-state index is 12.4. The predicted octanol–water partition coefficient (Wildman–Crippen LogP) is 0.956. The zero-order chi connectivity index (χ0) is 18.4. The largest absolute Gasteiger partial charge is 0.350 e. The van der Waals surface area contributed by atoms with Gasteiger partial charge in [-0.2, -0.15) is 4.31 Å². The van der Waals surface area contributed by atoms with Crippen molar-refractivity contribution in [2.75, 3.05) is 26.2 Å². The van der Waals surface area contributed by atoms with Crippen LogP contribution in [-0.4, -0.2) is 55.6 Å². The summed E-state index contributed by atoms with van der Waals surface area (Å²) in [5.74, 6) is -0.198. The lowest BCUT2D eigenvalue weighted by Crippen LogP contribution is -2.37. The molecule has 0 aromatic heterocycles. The molecule has 1 saturated heterocycles. The second-order valence-electron chi connectivity index (χ2n) is 5.93. The van der Waals surface area contributed by atoms with Crippen LogP contribution in [0.25, 0.3) is 0 Å². The molecular weight excluding hydrogens is 342 g/mol. The van der Waals surface area contributed by atoms with Crippen molar-refractivity contribution in [3.05, 3.63) is 29.8 Å². The van der Waals surface area contributed by atoms with Crippen LogP contribution in [0.2, 0.25) is 0 Å². The summed E-state index contributed by atoms with van der Waals surface area (Å²) in [4.78, 5) is 25.2. The smallest absolute Gasteiger partial charge is 0.243 e. The zero-order valence-electron chi connectivity index (χ0n) is 14.7. The van der Waals surface area contributed by atoms with Crippen LogP contribution in [0.3, 0.4) is 0 Å². The molecule has 1 aromatic carbocycles. The van der Waals surface area contributed by atoms with E-state index < -0.39 is 10.0 Å². The Kier molecular flexibility index (Phi) is 6.55. The molecule has 0 spiro atoms. The van der Waals surface area contributed by atoms with E-state index in [1.165, 1.54) is 4.31 Å². The maximum atomic E-state index is 12.4. The fourth-order valence-corrected chi connectivity index (χ4v) is 4.25. The van der Waals surface area contributed by atoms with E-state index in [4.69, 9.17) is 0 Å². The average Bonchev–Trinajstić information content (AvgIpc) is 2.99. The fourth-order valence-electron chi connectivity index (χ4n) is 2.79.